The van der Waals surface area contributed by atoms with Gasteiger partial charge in [0.1, 0.15) is 0 Å². The molecule has 1 aromatic heterocycles. The second-order valence-corrected chi connectivity index (χ2v) is 14.8. The number of rotatable bonds is 4. The molecular formula is C47H32N4S. The van der Waals surface area contributed by atoms with E-state index in [2.05, 4.69) is 127 Å². The van der Waals surface area contributed by atoms with Crippen molar-refractivity contribution in [1.29, 1.82) is 5.26 Å². The smallest absolute Gasteiger partial charge is 0.164 e. The number of nitrogens with zero attached hydrogens (tertiary/aromatic N) is 4. The first-order chi connectivity index (χ1) is 25.7. The maximum atomic E-state index is 9.57. The predicted octanol–water partition coefficient (Wildman–Crippen LogP) is 10.8. The quantitative estimate of drug-likeness (QED) is 0.185. The molecule has 52 heavy (non-hydrogen) atoms. The average molecular weight is 685 g/mol. The lowest BCUT2D eigenvalue weighted by molar-refractivity contribution is 0.446. The maximum absolute atomic E-state index is 9.57. The Hall–Kier alpha value is -6.09. The Kier molecular flexibility index (Phi) is 7.26. The summed E-state index contributed by atoms with van der Waals surface area (Å²) in [6, 6.07) is 47.3. The molecule has 1 aliphatic heterocycles. The van der Waals surface area contributed by atoms with Gasteiger partial charge in [-0.2, -0.15) is 5.26 Å². The zero-order chi connectivity index (χ0) is 34.6. The summed E-state index contributed by atoms with van der Waals surface area (Å²) < 4.78 is 0. The van der Waals surface area contributed by atoms with Crippen LogP contribution in [-0.2, 0) is 5.41 Å². The van der Waals surface area contributed by atoms with Gasteiger partial charge in [0.2, 0.25) is 0 Å². The van der Waals surface area contributed by atoms with E-state index in [4.69, 9.17) is 15.0 Å². The molecule has 2 atom stereocenters. The number of hydrogen-bond donors (Lipinski definition) is 0. The Morgan fingerprint density at radius 1 is 0.673 bits per heavy atom. The van der Waals surface area contributed by atoms with Gasteiger partial charge in [-0.3, -0.25) is 0 Å². The molecule has 0 fully saturated rings. The lowest BCUT2D eigenvalue weighted by Gasteiger charge is -2.43. The standard InChI is InChI=1S/C47H32N4S/c48-29-30-13-10-16-32(27-30)33-17-11-18-34(28-33)45-49-44(31-14-2-1-3-15-31)50-46(51-45)36-20-12-24-40-43(36)35-19-4-5-21-37(35)47(40)38-22-6-8-25-41(38)52-42-26-9-7-23-39(42)47/h1-10,12-16,18-28,40,43H,11,17H2. The van der Waals surface area contributed by atoms with Crippen LogP contribution in [0.2, 0.25) is 0 Å². The van der Waals surface area contributed by atoms with E-state index in [0.717, 1.165) is 35.1 Å². The van der Waals surface area contributed by atoms with Gasteiger partial charge in [-0.1, -0.05) is 139 Å². The van der Waals surface area contributed by atoms with Crippen LogP contribution >= 0.6 is 11.8 Å². The third-order valence-electron chi connectivity index (χ3n) is 11.0. The molecule has 6 aromatic rings. The topological polar surface area (TPSA) is 62.5 Å². The zero-order valence-corrected chi connectivity index (χ0v) is 29.1. The van der Waals surface area contributed by atoms with Crippen LogP contribution in [0.25, 0.3) is 28.1 Å². The number of hydrogen-bond acceptors (Lipinski definition) is 5. The monoisotopic (exact) mass is 684 g/mol. The molecule has 4 nitrogen and oxygen atoms in total. The van der Waals surface area contributed by atoms with E-state index in [9.17, 15) is 5.26 Å². The summed E-state index contributed by atoms with van der Waals surface area (Å²) in [5.41, 5.74) is 10.9. The molecule has 0 radical (unpaired) electrons. The van der Waals surface area contributed by atoms with Crippen molar-refractivity contribution in [3.8, 4) is 17.5 Å². The molecule has 0 bridgehead atoms. The van der Waals surface area contributed by atoms with Crippen molar-refractivity contribution in [2.24, 2.45) is 5.92 Å². The minimum absolute atomic E-state index is 0.0319. The van der Waals surface area contributed by atoms with Gasteiger partial charge in [0.05, 0.1) is 17.0 Å². The van der Waals surface area contributed by atoms with Crippen LogP contribution in [0.5, 0.6) is 0 Å². The van der Waals surface area contributed by atoms with Crippen molar-refractivity contribution in [2.45, 2.75) is 34.0 Å². The number of benzene rings is 5. The van der Waals surface area contributed by atoms with Crippen LogP contribution in [0, 0.1) is 17.2 Å². The van der Waals surface area contributed by atoms with Gasteiger partial charge in [-0.15, -0.1) is 0 Å². The number of allylic oxidation sites excluding steroid dienone is 8. The highest BCUT2D eigenvalue weighted by Gasteiger charge is 2.57. The highest BCUT2D eigenvalue weighted by atomic mass is 32.2. The molecule has 0 amide bonds. The van der Waals surface area contributed by atoms with E-state index in [0.29, 0.717) is 23.0 Å². The van der Waals surface area contributed by atoms with Crippen LogP contribution < -0.4 is 0 Å². The second kappa shape index (κ2) is 12.3. The normalized spacial score (nSPS) is 18.9. The molecule has 0 saturated heterocycles. The molecule has 3 aliphatic carbocycles. The van der Waals surface area contributed by atoms with Crippen molar-refractivity contribution >= 4 is 28.5 Å². The summed E-state index contributed by atoms with van der Waals surface area (Å²) >= 11 is 1.87. The minimum atomic E-state index is -0.366. The minimum Gasteiger partial charge on any atom is -0.209 e. The first-order valence-corrected chi connectivity index (χ1v) is 18.6. The SMILES string of the molecule is N#Cc1cccc(C2=CC(c3nc(C4=CC=CC5C4c4ccccc4C54c5ccccc5Sc5ccccc54)nc(-c4ccccc4)n3)=CCC2)c1. The molecule has 5 aromatic carbocycles. The van der Waals surface area contributed by atoms with E-state index in [1.165, 1.54) is 37.6 Å². The summed E-state index contributed by atoms with van der Waals surface area (Å²) in [6.07, 6.45) is 13.1. The third-order valence-corrected chi connectivity index (χ3v) is 12.2. The number of nitriles is 1. The second-order valence-electron chi connectivity index (χ2n) is 13.7. The van der Waals surface area contributed by atoms with Gasteiger partial charge in [-0.05, 0) is 76.6 Å². The van der Waals surface area contributed by atoms with Gasteiger partial charge in [0.25, 0.3) is 0 Å². The molecule has 5 heteroatoms. The van der Waals surface area contributed by atoms with Gasteiger partial charge in [-0.25, -0.2) is 15.0 Å². The Morgan fingerprint density at radius 3 is 2.13 bits per heavy atom. The highest BCUT2D eigenvalue weighted by molar-refractivity contribution is 7.99. The fraction of sp³-hybridized carbons (Fsp3) is 0.106. The summed E-state index contributed by atoms with van der Waals surface area (Å²) in [6.45, 7) is 0. The maximum Gasteiger partial charge on any atom is 0.164 e. The van der Waals surface area contributed by atoms with E-state index in [1.54, 1.807) is 0 Å². The molecule has 10 rings (SSSR count). The van der Waals surface area contributed by atoms with Crippen molar-refractivity contribution in [1.82, 2.24) is 15.0 Å². The number of aromatic nitrogens is 3. The Balaban J connectivity index is 1.16. The van der Waals surface area contributed by atoms with E-state index in [-0.39, 0.29) is 17.3 Å². The molecule has 2 heterocycles. The van der Waals surface area contributed by atoms with Crippen LogP contribution in [0.1, 0.15) is 63.8 Å². The lowest BCUT2D eigenvalue weighted by Crippen LogP contribution is -2.38. The van der Waals surface area contributed by atoms with Gasteiger partial charge >= 0.3 is 0 Å². The van der Waals surface area contributed by atoms with E-state index < -0.39 is 0 Å². The van der Waals surface area contributed by atoms with E-state index >= 15 is 0 Å². The largest absolute Gasteiger partial charge is 0.209 e. The van der Waals surface area contributed by atoms with Gasteiger partial charge in [0, 0.05) is 38.3 Å². The average Bonchev–Trinajstić information content (AvgIpc) is 3.52. The van der Waals surface area contributed by atoms with Gasteiger partial charge < -0.3 is 0 Å². The summed E-state index contributed by atoms with van der Waals surface area (Å²) in [7, 11) is 0. The van der Waals surface area contributed by atoms with Crippen LogP contribution in [0.3, 0.4) is 0 Å². The molecule has 246 valence electrons. The van der Waals surface area contributed by atoms with Crippen molar-refractivity contribution in [2.75, 3.05) is 0 Å². The predicted molar refractivity (Wildman–Crippen MR) is 208 cm³/mol. The molecule has 4 aliphatic rings. The first kappa shape index (κ1) is 30.7. The highest BCUT2D eigenvalue weighted by Crippen LogP contribution is 2.66. The molecule has 0 N–H and O–H groups in total. The molecular weight excluding hydrogens is 653 g/mol. The van der Waals surface area contributed by atoms with Crippen molar-refractivity contribution < 1.29 is 0 Å². The third kappa shape index (κ3) is 4.72. The fourth-order valence-electron chi connectivity index (χ4n) is 8.86. The van der Waals surface area contributed by atoms with Crippen LogP contribution in [-0.4, -0.2) is 15.0 Å². The van der Waals surface area contributed by atoms with Crippen LogP contribution in [0.15, 0.2) is 168 Å². The van der Waals surface area contributed by atoms with Crippen molar-refractivity contribution in [3.63, 3.8) is 0 Å². The van der Waals surface area contributed by atoms with Crippen LogP contribution in [0.4, 0.5) is 0 Å². The molecule has 1 spiro atoms. The Bertz CT molecular complexity index is 2540. The fourth-order valence-corrected chi connectivity index (χ4v) is 10.1. The molecule has 0 saturated carbocycles. The summed E-state index contributed by atoms with van der Waals surface area (Å²) in [5, 5.41) is 9.57. The van der Waals surface area contributed by atoms with Crippen molar-refractivity contribution in [3.05, 3.63) is 203 Å². The number of fused-ring (bicyclic) bond motifs is 9. The zero-order valence-electron chi connectivity index (χ0n) is 28.3. The Labute approximate surface area is 307 Å². The lowest BCUT2D eigenvalue weighted by atomic mass is 9.62. The summed E-state index contributed by atoms with van der Waals surface area (Å²) in [5.74, 6) is 2.17. The van der Waals surface area contributed by atoms with Gasteiger partial charge in [0.15, 0.2) is 17.5 Å². The molecule has 2 unspecified atom stereocenters. The first-order valence-electron chi connectivity index (χ1n) is 17.8. The summed E-state index contributed by atoms with van der Waals surface area (Å²) in [4.78, 5) is 18.3. The van der Waals surface area contributed by atoms with E-state index in [1.807, 2.05) is 48.2 Å². The Morgan fingerprint density at radius 2 is 1.35 bits per heavy atom.